The second kappa shape index (κ2) is 6.20. The molecule has 0 bridgehead atoms. The summed E-state index contributed by atoms with van der Waals surface area (Å²) in [7, 11) is 0. The van der Waals surface area contributed by atoms with Crippen LogP contribution >= 0.6 is 15.9 Å². The molecule has 1 fully saturated rings. The Morgan fingerprint density at radius 1 is 1.04 bits per heavy atom. The second-order valence-electron chi connectivity index (χ2n) is 5.54. The Hall–Kier alpha value is -2.48. The molecule has 3 aromatic heterocycles. The fraction of sp³-hybridized carbons (Fsp3) is 0.250. The number of halogens is 1. The van der Waals surface area contributed by atoms with E-state index in [1.54, 1.807) is 31.0 Å². The van der Waals surface area contributed by atoms with Gasteiger partial charge in [-0.15, -0.1) is 0 Å². The van der Waals surface area contributed by atoms with Crippen LogP contribution in [0.15, 0.2) is 47.7 Å². The summed E-state index contributed by atoms with van der Waals surface area (Å²) in [4.78, 5) is 29.5. The summed E-state index contributed by atoms with van der Waals surface area (Å²) in [6, 6.07) is 3.98. The zero-order valence-electron chi connectivity index (χ0n) is 12.8. The maximum atomic E-state index is 12.8. The average molecular weight is 387 g/mol. The predicted octanol–water partition coefficient (Wildman–Crippen LogP) is 1.85. The number of imidazole rings is 1. The summed E-state index contributed by atoms with van der Waals surface area (Å²) in [6.07, 6.45) is 8.65. The molecule has 1 aliphatic rings. The van der Waals surface area contributed by atoms with Gasteiger partial charge in [-0.1, -0.05) is 0 Å². The first kappa shape index (κ1) is 15.1. The summed E-state index contributed by atoms with van der Waals surface area (Å²) >= 11 is 3.42. The van der Waals surface area contributed by atoms with Gasteiger partial charge >= 0.3 is 0 Å². The number of amides is 1. The van der Waals surface area contributed by atoms with Gasteiger partial charge in [-0.2, -0.15) is 0 Å². The molecule has 1 saturated heterocycles. The predicted molar refractivity (Wildman–Crippen MR) is 93.0 cm³/mol. The van der Waals surface area contributed by atoms with Crippen LogP contribution in [0.5, 0.6) is 0 Å². The molecule has 1 aliphatic heterocycles. The number of aromatic nitrogens is 4. The largest absolute Gasteiger partial charge is 0.368 e. The molecule has 7 nitrogen and oxygen atoms in total. The van der Waals surface area contributed by atoms with Crippen LogP contribution in [-0.4, -0.2) is 56.3 Å². The molecule has 0 atom stereocenters. The highest BCUT2D eigenvalue weighted by molar-refractivity contribution is 9.10. The molecular weight excluding hydrogens is 372 g/mol. The lowest BCUT2D eigenvalue weighted by Gasteiger charge is -2.35. The number of carbonyl (C=O) groups excluding carboxylic acids is 1. The van der Waals surface area contributed by atoms with Crippen LogP contribution in [-0.2, 0) is 0 Å². The van der Waals surface area contributed by atoms with Crippen LogP contribution in [0.4, 0.5) is 5.69 Å². The Balaban J connectivity index is 1.52. The highest BCUT2D eigenvalue weighted by Crippen LogP contribution is 2.18. The Kier molecular flexibility index (Phi) is 3.89. The highest BCUT2D eigenvalue weighted by Gasteiger charge is 2.25. The summed E-state index contributed by atoms with van der Waals surface area (Å²) < 4.78 is 2.62. The van der Waals surface area contributed by atoms with Crippen molar-refractivity contribution in [3.8, 4) is 0 Å². The van der Waals surface area contributed by atoms with Crippen LogP contribution in [0.2, 0.25) is 0 Å². The molecule has 122 valence electrons. The van der Waals surface area contributed by atoms with Gasteiger partial charge in [0, 0.05) is 56.7 Å². The number of anilines is 1. The van der Waals surface area contributed by atoms with Gasteiger partial charge in [-0.25, -0.2) is 9.97 Å². The van der Waals surface area contributed by atoms with Crippen molar-refractivity contribution in [3.63, 3.8) is 0 Å². The van der Waals surface area contributed by atoms with Gasteiger partial charge in [0.1, 0.15) is 4.60 Å². The molecule has 0 spiro atoms. The van der Waals surface area contributed by atoms with Crippen LogP contribution in [0.1, 0.15) is 10.5 Å². The minimum atomic E-state index is -0.0759. The van der Waals surface area contributed by atoms with Crippen LogP contribution in [0.3, 0.4) is 0 Å². The third kappa shape index (κ3) is 2.62. The lowest BCUT2D eigenvalue weighted by molar-refractivity contribution is 0.0742. The van der Waals surface area contributed by atoms with Crippen molar-refractivity contribution < 1.29 is 4.79 Å². The number of nitrogens with zero attached hydrogens (tertiary/aromatic N) is 6. The smallest absolute Gasteiger partial charge is 0.276 e. The lowest BCUT2D eigenvalue weighted by Crippen LogP contribution is -2.49. The Morgan fingerprint density at radius 3 is 2.54 bits per heavy atom. The third-order valence-corrected chi connectivity index (χ3v) is 4.77. The van der Waals surface area contributed by atoms with Crippen molar-refractivity contribution in [2.45, 2.75) is 0 Å². The number of carbonyl (C=O) groups is 1. The van der Waals surface area contributed by atoms with Gasteiger partial charge in [0.2, 0.25) is 0 Å². The van der Waals surface area contributed by atoms with E-state index in [0.717, 1.165) is 23.4 Å². The minimum Gasteiger partial charge on any atom is -0.368 e. The molecule has 0 radical (unpaired) electrons. The zero-order valence-corrected chi connectivity index (χ0v) is 14.4. The standard InChI is InChI=1S/C16H15BrN6O/c17-13-11-20-15-14(19-5-6-23(13)15)16(24)22-9-7-21(8-10-22)12-1-3-18-4-2-12/h1-6,11H,7-10H2. The van der Waals surface area contributed by atoms with Crippen molar-refractivity contribution in [1.82, 2.24) is 24.3 Å². The van der Waals surface area contributed by atoms with Crippen LogP contribution in [0, 0.1) is 0 Å². The molecule has 0 aromatic carbocycles. The minimum absolute atomic E-state index is 0.0759. The fourth-order valence-electron chi connectivity index (χ4n) is 2.91. The van der Waals surface area contributed by atoms with E-state index >= 15 is 0 Å². The number of hydrogen-bond donors (Lipinski definition) is 0. The van der Waals surface area contributed by atoms with E-state index < -0.39 is 0 Å². The number of pyridine rings is 1. The van der Waals surface area contributed by atoms with Gasteiger partial charge in [0.15, 0.2) is 11.3 Å². The van der Waals surface area contributed by atoms with Crippen molar-refractivity contribution in [1.29, 1.82) is 0 Å². The molecule has 0 N–H and O–H groups in total. The average Bonchev–Trinajstić information content (AvgIpc) is 3.03. The highest BCUT2D eigenvalue weighted by atomic mass is 79.9. The van der Waals surface area contributed by atoms with E-state index in [-0.39, 0.29) is 5.91 Å². The summed E-state index contributed by atoms with van der Waals surface area (Å²) in [6.45, 7) is 2.89. The Morgan fingerprint density at radius 2 is 1.79 bits per heavy atom. The Labute approximate surface area is 147 Å². The normalized spacial score (nSPS) is 15.0. The van der Waals surface area contributed by atoms with Gasteiger partial charge in [-0.3, -0.25) is 14.2 Å². The topological polar surface area (TPSA) is 66.6 Å². The number of rotatable bonds is 2. The zero-order chi connectivity index (χ0) is 16.5. The van der Waals surface area contributed by atoms with E-state index in [0.29, 0.717) is 24.4 Å². The van der Waals surface area contributed by atoms with Gasteiger partial charge < -0.3 is 9.80 Å². The van der Waals surface area contributed by atoms with E-state index in [4.69, 9.17) is 0 Å². The maximum Gasteiger partial charge on any atom is 0.276 e. The number of fused-ring (bicyclic) bond motifs is 1. The van der Waals surface area contributed by atoms with E-state index in [1.165, 1.54) is 0 Å². The molecule has 1 amide bonds. The molecular formula is C16H15BrN6O. The Bertz CT molecular complexity index is 873. The van der Waals surface area contributed by atoms with Crippen molar-refractivity contribution in [3.05, 3.63) is 53.4 Å². The molecule has 8 heteroatoms. The number of piperazine rings is 1. The van der Waals surface area contributed by atoms with Crippen molar-refractivity contribution >= 4 is 33.2 Å². The van der Waals surface area contributed by atoms with Gasteiger partial charge in [0.25, 0.3) is 5.91 Å². The van der Waals surface area contributed by atoms with Gasteiger partial charge in [-0.05, 0) is 28.1 Å². The SMILES string of the molecule is O=C(c1nccn2c(Br)cnc12)N1CCN(c2ccncc2)CC1. The first-order chi connectivity index (χ1) is 11.7. The maximum absolute atomic E-state index is 12.8. The summed E-state index contributed by atoms with van der Waals surface area (Å²) in [5.74, 6) is -0.0759. The van der Waals surface area contributed by atoms with Crippen molar-refractivity contribution in [2.24, 2.45) is 0 Å². The molecule has 0 saturated carbocycles. The van der Waals surface area contributed by atoms with Crippen LogP contribution in [0.25, 0.3) is 5.65 Å². The van der Waals surface area contributed by atoms with E-state index in [1.807, 2.05) is 21.4 Å². The second-order valence-corrected chi connectivity index (χ2v) is 6.35. The lowest BCUT2D eigenvalue weighted by atomic mass is 10.2. The molecule has 4 heterocycles. The van der Waals surface area contributed by atoms with E-state index in [9.17, 15) is 4.79 Å². The molecule has 4 rings (SSSR count). The summed E-state index contributed by atoms with van der Waals surface area (Å²) in [5.41, 5.74) is 2.10. The van der Waals surface area contributed by atoms with E-state index in [2.05, 4.69) is 35.8 Å². The first-order valence-electron chi connectivity index (χ1n) is 7.66. The number of hydrogen-bond acceptors (Lipinski definition) is 5. The molecule has 0 unspecified atom stereocenters. The molecule has 24 heavy (non-hydrogen) atoms. The third-order valence-electron chi connectivity index (χ3n) is 4.18. The quantitative estimate of drug-likeness (QED) is 0.672. The molecule has 0 aliphatic carbocycles. The first-order valence-corrected chi connectivity index (χ1v) is 8.45. The fourth-order valence-corrected chi connectivity index (χ4v) is 3.30. The van der Waals surface area contributed by atoms with Crippen LogP contribution < -0.4 is 4.90 Å². The van der Waals surface area contributed by atoms with Crippen molar-refractivity contribution in [2.75, 3.05) is 31.1 Å². The summed E-state index contributed by atoms with van der Waals surface area (Å²) in [5, 5.41) is 0. The monoisotopic (exact) mass is 386 g/mol. The molecule has 3 aromatic rings. The van der Waals surface area contributed by atoms with Gasteiger partial charge in [0.05, 0.1) is 6.20 Å².